The maximum Gasteiger partial charge on any atom is 0.326 e. The first kappa shape index (κ1) is 11.4. The first-order valence-electron chi connectivity index (χ1n) is 5.66. The SMILES string of the molecule is COC(=O)C1(C(=O)NC2CCCC2)COC1. The van der Waals surface area contributed by atoms with Gasteiger partial charge in [-0.15, -0.1) is 0 Å². The second-order valence-electron chi connectivity index (χ2n) is 4.52. The van der Waals surface area contributed by atoms with Gasteiger partial charge in [-0.05, 0) is 12.8 Å². The molecule has 0 aromatic rings. The molecule has 0 aromatic heterocycles. The van der Waals surface area contributed by atoms with Gasteiger partial charge in [-0.2, -0.15) is 0 Å². The number of nitrogens with one attached hydrogen (secondary N) is 1. The van der Waals surface area contributed by atoms with E-state index in [1.807, 2.05) is 0 Å². The third kappa shape index (κ3) is 1.80. The molecule has 2 fully saturated rings. The number of amides is 1. The Kier molecular flexibility index (Phi) is 3.14. The number of esters is 1. The van der Waals surface area contributed by atoms with Gasteiger partial charge in [-0.1, -0.05) is 12.8 Å². The molecule has 2 rings (SSSR count). The molecule has 0 radical (unpaired) electrons. The van der Waals surface area contributed by atoms with E-state index in [1.54, 1.807) is 0 Å². The minimum Gasteiger partial charge on any atom is -0.468 e. The molecule has 2 aliphatic rings. The van der Waals surface area contributed by atoms with Crippen LogP contribution in [0.4, 0.5) is 0 Å². The van der Waals surface area contributed by atoms with E-state index in [1.165, 1.54) is 7.11 Å². The number of carbonyl (C=O) groups excluding carboxylic acids is 2. The molecule has 0 unspecified atom stereocenters. The van der Waals surface area contributed by atoms with Crippen molar-refractivity contribution in [1.29, 1.82) is 0 Å². The van der Waals surface area contributed by atoms with Crippen molar-refractivity contribution in [3.63, 3.8) is 0 Å². The van der Waals surface area contributed by atoms with Gasteiger partial charge in [0.1, 0.15) is 0 Å². The average Bonchev–Trinajstić information content (AvgIpc) is 2.68. The van der Waals surface area contributed by atoms with E-state index in [-0.39, 0.29) is 25.2 Å². The Morgan fingerprint density at radius 2 is 1.94 bits per heavy atom. The van der Waals surface area contributed by atoms with Gasteiger partial charge in [0.2, 0.25) is 5.91 Å². The molecule has 1 aliphatic heterocycles. The van der Waals surface area contributed by atoms with Crippen LogP contribution in [-0.2, 0) is 19.1 Å². The van der Waals surface area contributed by atoms with Crippen LogP contribution >= 0.6 is 0 Å². The predicted octanol–water partition coefficient (Wildman–Crippen LogP) is 0.235. The summed E-state index contributed by atoms with van der Waals surface area (Å²) in [5.41, 5.74) is -1.09. The number of hydrogen-bond acceptors (Lipinski definition) is 4. The highest BCUT2D eigenvalue weighted by molar-refractivity contribution is 6.04. The molecule has 0 atom stereocenters. The summed E-state index contributed by atoms with van der Waals surface area (Å²) in [6.45, 7) is 0.274. The summed E-state index contributed by atoms with van der Waals surface area (Å²) in [5.74, 6) is -0.730. The third-order valence-electron chi connectivity index (χ3n) is 3.40. The summed E-state index contributed by atoms with van der Waals surface area (Å²) in [4.78, 5) is 23.6. The van der Waals surface area contributed by atoms with Crippen LogP contribution in [0, 0.1) is 5.41 Å². The summed E-state index contributed by atoms with van der Waals surface area (Å²) in [5, 5.41) is 2.92. The molecule has 90 valence electrons. The number of hydrogen-bond donors (Lipinski definition) is 1. The highest BCUT2D eigenvalue weighted by Crippen LogP contribution is 2.30. The molecular weight excluding hydrogens is 210 g/mol. The van der Waals surface area contributed by atoms with Gasteiger partial charge < -0.3 is 14.8 Å². The molecule has 1 heterocycles. The summed E-state index contributed by atoms with van der Waals surface area (Å²) < 4.78 is 9.65. The molecule has 0 bridgehead atoms. The van der Waals surface area contributed by atoms with Gasteiger partial charge in [0.25, 0.3) is 0 Å². The Labute approximate surface area is 94.5 Å². The number of ether oxygens (including phenoxy) is 2. The Balaban J connectivity index is 1.98. The van der Waals surface area contributed by atoms with Crippen LogP contribution in [0.25, 0.3) is 0 Å². The molecule has 1 amide bonds. The predicted molar refractivity (Wildman–Crippen MR) is 55.7 cm³/mol. The standard InChI is InChI=1S/C11H17NO4/c1-15-10(14)11(6-16-7-11)9(13)12-8-4-2-3-5-8/h8H,2-7H2,1H3,(H,12,13). The minimum atomic E-state index is -1.09. The Morgan fingerprint density at radius 3 is 2.38 bits per heavy atom. The van der Waals surface area contributed by atoms with Crippen molar-refractivity contribution in [3.05, 3.63) is 0 Å². The first-order chi connectivity index (χ1) is 7.69. The van der Waals surface area contributed by atoms with E-state index in [2.05, 4.69) is 10.1 Å². The lowest BCUT2D eigenvalue weighted by Crippen LogP contribution is -2.60. The molecule has 5 nitrogen and oxygen atoms in total. The van der Waals surface area contributed by atoms with Crippen molar-refractivity contribution in [1.82, 2.24) is 5.32 Å². The lowest BCUT2D eigenvalue weighted by Gasteiger charge is -2.37. The minimum absolute atomic E-state index is 0.137. The topological polar surface area (TPSA) is 64.6 Å². The highest BCUT2D eigenvalue weighted by atomic mass is 16.5. The molecule has 1 saturated heterocycles. The Morgan fingerprint density at radius 1 is 1.31 bits per heavy atom. The fourth-order valence-electron chi connectivity index (χ4n) is 2.24. The summed E-state index contributed by atoms with van der Waals surface area (Å²) in [6.07, 6.45) is 4.30. The average molecular weight is 227 g/mol. The monoisotopic (exact) mass is 227 g/mol. The van der Waals surface area contributed by atoms with E-state index in [0.717, 1.165) is 25.7 Å². The van der Waals surface area contributed by atoms with Crippen LogP contribution < -0.4 is 5.32 Å². The molecule has 16 heavy (non-hydrogen) atoms. The molecule has 5 heteroatoms. The highest BCUT2D eigenvalue weighted by Gasteiger charge is 2.54. The molecule has 0 spiro atoms. The van der Waals surface area contributed by atoms with Crippen LogP contribution in [-0.4, -0.2) is 38.2 Å². The second-order valence-corrected chi connectivity index (χ2v) is 4.52. The zero-order chi connectivity index (χ0) is 11.6. The summed E-state index contributed by atoms with van der Waals surface area (Å²) >= 11 is 0. The zero-order valence-corrected chi connectivity index (χ0v) is 9.45. The van der Waals surface area contributed by atoms with Crippen LogP contribution in [0.2, 0.25) is 0 Å². The van der Waals surface area contributed by atoms with Crippen molar-refractivity contribution in [3.8, 4) is 0 Å². The molecule has 1 aliphatic carbocycles. The fraction of sp³-hybridized carbons (Fsp3) is 0.818. The lowest BCUT2D eigenvalue weighted by molar-refractivity contribution is -0.188. The molecule has 1 saturated carbocycles. The maximum atomic E-state index is 12.0. The number of rotatable bonds is 3. The number of methoxy groups -OCH3 is 1. The quantitative estimate of drug-likeness (QED) is 0.554. The van der Waals surface area contributed by atoms with E-state index in [0.29, 0.717) is 0 Å². The number of carbonyl (C=O) groups is 2. The Hall–Kier alpha value is -1.10. The molecule has 1 N–H and O–H groups in total. The largest absolute Gasteiger partial charge is 0.468 e. The molecule has 0 aromatic carbocycles. The van der Waals surface area contributed by atoms with Crippen molar-refractivity contribution in [2.24, 2.45) is 5.41 Å². The third-order valence-corrected chi connectivity index (χ3v) is 3.40. The van der Waals surface area contributed by atoms with E-state index < -0.39 is 11.4 Å². The van der Waals surface area contributed by atoms with Crippen LogP contribution in [0.3, 0.4) is 0 Å². The molecular formula is C11H17NO4. The van der Waals surface area contributed by atoms with Gasteiger partial charge in [-0.25, -0.2) is 0 Å². The van der Waals surface area contributed by atoms with Gasteiger partial charge in [-0.3, -0.25) is 9.59 Å². The normalized spacial score (nSPS) is 23.6. The van der Waals surface area contributed by atoms with Crippen molar-refractivity contribution >= 4 is 11.9 Å². The van der Waals surface area contributed by atoms with E-state index in [4.69, 9.17) is 4.74 Å². The van der Waals surface area contributed by atoms with Crippen molar-refractivity contribution in [2.75, 3.05) is 20.3 Å². The van der Waals surface area contributed by atoms with Gasteiger partial charge >= 0.3 is 5.97 Å². The smallest absolute Gasteiger partial charge is 0.326 e. The summed E-state index contributed by atoms with van der Waals surface area (Å²) in [6, 6.07) is 0.217. The Bertz CT molecular complexity index is 292. The van der Waals surface area contributed by atoms with Crippen LogP contribution in [0.5, 0.6) is 0 Å². The fourth-order valence-corrected chi connectivity index (χ4v) is 2.24. The first-order valence-corrected chi connectivity index (χ1v) is 5.66. The van der Waals surface area contributed by atoms with E-state index >= 15 is 0 Å². The van der Waals surface area contributed by atoms with Crippen LogP contribution in [0.15, 0.2) is 0 Å². The summed E-state index contributed by atoms with van der Waals surface area (Å²) in [7, 11) is 1.30. The van der Waals surface area contributed by atoms with Gasteiger partial charge in [0.05, 0.1) is 20.3 Å². The van der Waals surface area contributed by atoms with E-state index in [9.17, 15) is 9.59 Å². The van der Waals surface area contributed by atoms with Crippen LogP contribution in [0.1, 0.15) is 25.7 Å². The van der Waals surface area contributed by atoms with Gasteiger partial charge in [0.15, 0.2) is 5.41 Å². The zero-order valence-electron chi connectivity index (χ0n) is 9.45. The lowest BCUT2D eigenvalue weighted by atomic mass is 9.84. The van der Waals surface area contributed by atoms with Gasteiger partial charge in [0, 0.05) is 6.04 Å². The van der Waals surface area contributed by atoms with Crippen molar-refractivity contribution < 1.29 is 19.1 Å². The van der Waals surface area contributed by atoms with Crippen molar-refractivity contribution in [2.45, 2.75) is 31.7 Å². The second kappa shape index (κ2) is 4.41. The maximum absolute atomic E-state index is 12.0.